The van der Waals surface area contributed by atoms with Crippen molar-refractivity contribution in [2.45, 2.75) is 17.9 Å². The van der Waals surface area contributed by atoms with Crippen LogP contribution in [0.2, 0.25) is 0 Å². The van der Waals surface area contributed by atoms with Gasteiger partial charge in [0.05, 0.1) is 0 Å². The summed E-state index contributed by atoms with van der Waals surface area (Å²) in [5.74, 6) is -1.18. The zero-order chi connectivity index (χ0) is 14.1. The minimum Gasteiger partial charge on any atom is -0.405 e. The van der Waals surface area contributed by atoms with Gasteiger partial charge in [-0.2, -0.15) is 13.2 Å². The van der Waals surface area contributed by atoms with E-state index in [0.29, 0.717) is 6.07 Å². The zero-order valence-corrected chi connectivity index (χ0v) is 9.83. The number of ether oxygens (including phenoxy) is 1. The summed E-state index contributed by atoms with van der Waals surface area (Å²) in [6.07, 6.45) is -10.2. The summed E-state index contributed by atoms with van der Waals surface area (Å²) < 4.78 is 76.9. The van der Waals surface area contributed by atoms with Gasteiger partial charge in [-0.05, 0) is 0 Å². The molecule has 0 fully saturated rings. The lowest BCUT2D eigenvalue weighted by Crippen LogP contribution is -2.24. The maximum atomic E-state index is 12.5. The van der Waals surface area contributed by atoms with Gasteiger partial charge < -0.3 is 9.72 Å². The molecular formula is C8H4BrF6NO2. The monoisotopic (exact) mass is 339 g/mol. The largest absolute Gasteiger partial charge is 0.573 e. The van der Waals surface area contributed by atoms with Gasteiger partial charge in [0.2, 0.25) is 0 Å². The van der Waals surface area contributed by atoms with Crippen molar-refractivity contribution in [2.75, 3.05) is 0 Å². The van der Waals surface area contributed by atoms with E-state index in [9.17, 15) is 31.1 Å². The molecule has 0 bridgehead atoms. The van der Waals surface area contributed by atoms with Crippen LogP contribution in [-0.2, 0) is 11.5 Å². The number of nitrogens with one attached hydrogen (secondary N) is 1. The van der Waals surface area contributed by atoms with Crippen LogP contribution >= 0.6 is 15.9 Å². The van der Waals surface area contributed by atoms with Crippen molar-refractivity contribution in [2.24, 2.45) is 0 Å². The number of halogens is 7. The summed E-state index contributed by atoms with van der Waals surface area (Å²) in [5, 5.41) is -0.565. The van der Waals surface area contributed by atoms with Gasteiger partial charge in [0.15, 0.2) is 0 Å². The van der Waals surface area contributed by atoms with Crippen molar-refractivity contribution in [3.05, 3.63) is 27.7 Å². The van der Waals surface area contributed by atoms with Crippen LogP contribution < -0.4 is 10.3 Å². The van der Waals surface area contributed by atoms with Gasteiger partial charge in [-0.25, -0.2) is 0 Å². The molecule has 0 saturated carbocycles. The van der Waals surface area contributed by atoms with Crippen molar-refractivity contribution in [1.82, 2.24) is 4.98 Å². The van der Waals surface area contributed by atoms with E-state index in [4.69, 9.17) is 0 Å². The van der Waals surface area contributed by atoms with E-state index in [-0.39, 0.29) is 0 Å². The molecule has 0 aliphatic carbocycles. The SMILES string of the molecule is O=c1cc(OC(F)(F)F)c(CBr)c(C(F)(F)F)[nH]1. The molecule has 18 heavy (non-hydrogen) atoms. The van der Waals surface area contributed by atoms with Gasteiger partial charge in [0, 0.05) is 17.0 Å². The molecule has 1 aromatic rings. The molecule has 0 saturated heterocycles. The summed E-state index contributed by atoms with van der Waals surface area (Å²) in [6, 6.07) is 0.305. The first-order valence-electron chi connectivity index (χ1n) is 4.19. The molecule has 3 nitrogen and oxygen atoms in total. The van der Waals surface area contributed by atoms with Crippen molar-refractivity contribution >= 4 is 15.9 Å². The molecule has 102 valence electrons. The number of aromatic amines is 1. The lowest BCUT2D eigenvalue weighted by Gasteiger charge is -2.16. The van der Waals surface area contributed by atoms with E-state index in [0.717, 1.165) is 0 Å². The standard InChI is InChI=1S/C8H4BrF6NO2/c9-2-3-4(18-8(13,14)15)1-5(17)16-6(3)7(10,11)12/h1H,2H2,(H,16,17). The Balaban J connectivity index is 3.44. The van der Waals surface area contributed by atoms with Gasteiger partial charge in [-0.1, -0.05) is 15.9 Å². The number of hydrogen-bond donors (Lipinski definition) is 1. The fourth-order valence-electron chi connectivity index (χ4n) is 1.15. The van der Waals surface area contributed by atoms with Gasteiger partial charge >= 0.3 is 12.5 Å². The molecule has 0 aliphatic heterocycles. The third-order valence-corrected chi connectivity index (χ3v) is 2.31. The highest BCUT2D eigenvalue weighted by Gasteiger charge is 2.38. The molecule has 0 radical (unpaired) electrons. The molecule has 1 heterocycles. The predicted octanol–water partition coefficient (Wildman–Crippen LogP) is 3.19. The second-order valence-corrected chi connectivity index (χ2v) is 3.59. The Labute approximate surface area is 104 Å². The Morgan fingerprint density at radius 1 is 1.22 bits per heavy atom. The van der Waals surface area contributed by atoms with Crippen LogP contribution in [0.4, 0.5) is 26.3 Å². The first-order chi connectivity index (χ1) is 8.04. The maximum Gasteiger partial charge on any atom is 0.573 e. The van der Waals surface area contributed by atoms with Crippen molar-refractivity contribution in [3.63, 3.8) is 0 Å². The average Bonchev–Trinajstić information content (AvgIpc) is 2.12. The first kappa shape index (κ1) is 14.9. The van der Waals surface area contributed by atoms with Crippen LogP contribution in [0, 0.1) is 0 Å². The van der Waals surface area contributed by atoms with E-state index < -0.39 is 40.4 Å². The quantitative estimate of drug-likeness (QED) is 0.664. The van der Waals surface area contributed by atoms with Gasteiger partial charge in [0.1, 0.15) is 11.4 Å². The van der Waals surface area contributed by atoms with E-state index in [1.807, 2.05) is 0 Å². The lowest BCUT2D eigenvalue weighted by atomic mass is 10.2. The van der Waals surface area contributed by atoms with Gasteiger partial charge in [0.25, 0.3) is 5.56 Å². The number of alkyl halides is 7. The maximum absolute atomic E-state index is 12.5. The topological polar surface area (TPSA) is 42.1 Å². The van der Waals surface area contributed by atoms with Gasteiger partial charge in [-0.3, -0.25) is 4.79 Å². The third-order valence-electron chi connectivity index (χ3n) is 1.75. The molecule has 0 aromatic carbocycles. The second kappa shape index (κ2) is 4.82. The fraction of sp³-hybridized carbons (Fsp3) is 0.375. The Kier molecular flexibility index (Phi) is 3.99. The highest BCUT2D eigenvalue weighted by atomic mass is 79.9. The fourth-order valence-corrected chi connectivity index (χ4v) is 1.71. The third kappa shape index (κ3) is 3.65. The molecule has 1 N–H and O–H groups in total. The molecular weight excluding hydrogens is 336 g/mol. The molecule has 0 amide bonds. The van der Waals surface area contributed by atoms with E-state index in [1.165, 1.54) is 4.98 Å². The van der Waals surface area contributed by atoms with Crippen LogP contribution in [0.25, 0.3) is 0 Å². The highest BCUT2D eigenvalue weighted by Crippen LogP contribution is 2.36. The molecule has 0 aliphatic rings. The Hall–Kier alpha value is -1.19. The number of rotatable bonds is 2. The van der Waals surface area contributed by atoms with Crippen LogP contribution in [-0.4, -0.2) is 11.3 Å². The van der Waals surface area contributed by atoms with Crippen LogP contribution in [0.5, 0.6) is 5.75 Å². The molecule has 0 spiro atoms. The Morgan fingerprint density at radius 2 is 1.78 bits per heavy atom. The predicted molar refractivity (Wildman–Crippen MR) is 51.4 cm³/mol. The minimum atomic E-state index is -5.19. The van der Waals surface area contributed by atoms with E-state index in [2.05, 4.69) is 20.7 Å². The number of hydrogen-bond acceptors (Lipinski definition) is 2. The number of H-pyrrole nitrogens is 1. The number of aromatic nitrogens is 1. The zero-order valence-electron chi connectivity index (χ0n) is 8.25. The van der Waals surface area contributed by atoms with E-state index in [1.54, 1.807) is 0 Å². The Morgan fingerprint density at radius 3 is 2.17 bits per heavy atom. The summed E-state index contributed by atoms with van der Waals surface area (Å²) in [6.45, 7) is 0. The molecule has 1 aromatic heterocycles. The first-order valence-corrected chi connectivity index (χ1v) is 5.32. The second-order valence-electron chi connectivity index (χ2n) is 3.03. The van der Waals surface area contributed by atoms with E-state index >= 15 is 0 Å². The number of pyridine rings is 1. The molecule has 1 rings (SSSR count). The summed E-state index contributed by atoms with van der Waals surface area (Å²) in [4.78, 5) is 12.3. The minimum absolute atomic E-state index is 0.305. The van der Waals surface area contributed by atoms with Crippen molar-refractivity contribution in [1.29, 1.82) is 0 Å². The van der Waals surface area contributed by atoms with Gasteiger partial charge in [-0.15, -0.1) is 13.2 Å². The smallest absolute Gasteiger partial charge is 0.405 e. The Bertz CT molecular complexity index is 492. The van der Waals surface area contributed by atoms with Crippen LogP contribution in [0.15, 0.2) is 10.9 Å². The van der Waals surface area contributed by atoms with Crippen LogP contribution in [0.1, 0.15) is 11.3 Å². The summed E-state index contributed by atoms with van der Waals surface area (Å²) in [5.41, 5.74) is -3.75. The molecule has 0 unspecified atom stereocenters. The normalized spacial score (nSPS) is 12.6. The lowest BCUT2D eigenvalue weighted by molar-refractivity contribution is -0.275. The summed E-state index contributed by atoms with van der Waals surface area (Å²) in [7, 11) is 0. The summed E-state index contributed by atoms with van der Waals surface area (Å²) >= 11 is 2.61. The highest BCUT2D eigenvalue weighted by molar-refractivity contribution is 9.08. The van der Waals surface area contributed by atoms with Crippen molar-refractivity contribution < 1.29 is 31.1 Å². The van der Waals surface area contributed by atoms with Crippen molar-refractivity contribution in [3.8, 4) is 5.75 Å². The molecule has 0 atom stereocenters. The average molecular weight is 340 g/mol. The van der Waals surface area contributed by atoms with Crippen LogP contribution in [0.3, 0.4) is 0 Å². The molecule has 10 heteroatoms.